The highest BCUT2D eigenvalue weighted by Gasteiger charge is 2.18. The van der Waals surface area contributed by atoms with Crippen molar-refractivity contribution in [2.75, 3.05) is 0 Å². The minimum Gasteiger partial charge on any atom is -0.425 e. The topological polar surface area (TPSA) is 82.5 Å². The lowest BCUT2D eigenvalue weighted by molar-refractivity contribution is 0.485. The molecule has 4 aromatic rings. The molecule has 130 valence electrons. The van der Waals surface area contributed by atoms with Crippen molar-refractivity contribution >= 4 is 11.8 Å². The first kappa shape index (κ1) is 16.5. The van der Waals surface area contributed by atoms with Gasteiger partial charge < -0.3 is 4.42 Å². The van der Waals surface area contributed by atoms with Crippen molar-refractivity contribution in [1.29, 1.82) is 0 Å². The lowest BCUT2D eigenvalue weighted by Gasteiger charge is -2.12. The molecule has 3 heterocycles. The number of hydrogen-bond donors (Lipinski definition) is 0. The second-order valence-corrected chi connectivity index (χ2v) is 6.61. The third kappa shape index (κ3) is 3.23. The summed E-state index contributed by atoms with van der Waals surface area (Å²) in [5.74, 6) is 2.42. The number of aryl methyl sites for hydroxylation is 2. The van der Waals surface area contributed by atoms with E-state index in [1.807, 2.05) is 24.3 Å². The van der Waals surface area contributed by atoms with Gasteiger partial charge in [-0.2, -0.15) is 0 Å². The quantitative estimate of drug-likeness (QED) is 0.500. The van der Waals surface area contributed by atoms with Gasteiger partial charge in [0.2, 0.25) is 11.8 Å². The zero-order chi connectivity index (χ0) is 17.9. The van der Waals surface area contributed by atoms with Crippen LogP contribution in [-0.2, 0) is 5.75 Å². The predicted molar refractivity (Wildman–Crippen MR) is 97.9 cm³/mol. The van der Waals surface area contributed by atoms with Crippen molar-refractivity contribution < 1.29 is 4.42 Å². The summed E-state index contributed by atoms with van der Waals surface area (Å²) in [7, 11) is 0. The summed E-state index contributed by atoms with van der Waals surface area (Å²) >= 11 is 1.51. The Balaban J connectivity index is 1.77. The Morgan fingerprint density at radius 1 is 0.962 bits per heavy atom. The molecule has 3 aromatic heterocycles. The Kier molecular flexibility index (Phi) is 4.49. The molecule has 0 bridgehead atoms. The zero-order valence-electron chi connectivity index (χ0n) is 14.3. The third-order valence-corrected chi connectivity index (χ3v) is 4.73. The minimum absolute atomic E-state index is 0.529. The number of aromatic nitrogens is 6. The summed E-state index contributed by atoms with van der Waals surface area (Å²) in [5.41, 5.74) is 3.13. The maximum Gasteiger partial charge on any atom is 0.226 e. The molecule has 0 unspecified atom stereocenters. The molecule has 7 nitrogen and oxygen atoms in total. The normalized spacial score (nSPS) is 11.0. The fourth-order valence-electron chi connectivity index (χ4n) is 2.60. The molecule has 0 amide bonds. The number of rotatable bonds is 5. The highest BCUT2D eigenvalue weighted by Crippen LogP contribution is 2.30. The van der Waals surface area contributed by atoms with Crippen molar-refractivity contribution in [2.24, 2.45) is 0 Å². The molecular weight excluding hydrogens is 348 g/mol. The molecule has 4 rings (SSSR count). The number of thioether (sulfide) groups is 1. The summed E-state index contributed by atoms with van der Waals surface area (Å²) < 4.78 is 7.51. The van der Waals surface area contributed by atoms with Gasteiger partial charge in [0.15, 0.2) is 11.0 Å². The van der Waals surface area contributed by atoms with Crippen molar-refractivity contribution in [3.63, 3.8) is 0 Å². The van der Waals surface area contributed by atoms with E-state index < -0.39 is 0 Å². The average molecular weight is 364 g/mol. The fourth-order valence-corrected chi connectivity index (χ4v) is 3.39. The van der Waals surface area contributed by atoms with E-state index in [-0.39, 0.29) is 0 Å². The van der Waals surface area contributed by atoms with Gasteiger partial charge in [0.25, 0.3) is 0 Å². The Morgan fingerprint density at radius 3 is 2.50 bits per heavy atom. The Bertz CT molecular complexity index is 1030. The van der Waals surface area contributed by atoms with Gasteiger partial charge in [0.1, 0.15) is 0 Å². The van der Waals surface area contributed by atoms with Gasteiger partial charge in [-0.3, -0.25) is 9.55 Å². The second kappa shape index (κ2) is 7.09. The van der Waals surface area contributed by atoms with Gasteiger partial charge >= 0.3 is 0 Å². The van der Waals surface area contributed by atoms with Crippen LogP contribution in [0.4, 0.5) is 0 Å². The molecule has 26 heavy (non-hydrogen) atoms. The molecule has 1 aromatic carbocycles. The van der Waals surface area contributed by atoms with Crippen LogP contribution >= 0.6 is 11.8 Å². The molecule has 0 saturated carbocycles. The first-order valence-corrected chi connectivity index (χ1v) is 9.04. The van der Waals surface area contributed by atoms with Crippen LogP contribution in [0.1, 0.15) is 17.3 Å². The number of benzene rings is 1. The summed E-state index contributed by atoms with van der Waals surface area (Å²) in [6.45, 7) is 3.85. The van der Waals surface area contributed by atoms with Crippen LogP contribution in [-0.4, -0.2) is 29.9 Å². The summed E-state index contributed by atoms with van der Waals surface area (Å²) in [6, 6.07) is 12.0. The third-order valence-electron chi connectivity index (χ3n) is 3.82. The summed E-state index contributed by atoms with van der Waals surface area (Å²) in [4.78, 5) is 4.09. The second-order valence-electron chi connectivity index (χ2n) is 5.67. The molecular formula is C18H16N6OS. The highest BCUT2D eigenvalue weighted by atomic mass is 32.2. The minimum atomic E-state index is 0.529. The van der Waals surface area contributed by atoms with E-state index >= 15 is 0 Å². The number of pyridine rings is 1. The molecule has 0 radical (unpaired) electrons. The van der Waals surface area contributed by atoms with Gasteiger partial charge in [0, 0.05) is 24.9 Å². The van der Waals surface area contributed by atoms with E-state index in [0.717, 1.165) is 27.8 Å². The molecule has 0 N–H and O–H groups in total. The summed E-state index contributed by atoms with van der Waals surface area (Å²) in [6.07, 6.45) is 3.50. The standard InChI is InChI=1S/C18H16N6OS/c1-12-5-3-4-6-15(12)24-17(14-7-9-19-10-8-14)22-23-18(24)26-11-16-21-20-13(2)25-16/h3-10H,11H2,1-2H3. The predicted octanol–water partition coefficient (Wildman–Crippen LogP) is 3.62. The van der Waals surface area contributed by atoms with E-state index in [4.69, 9.17) is 4.42 Å². The smallest absolute Gasteiger partial charge is 0.226 e. The van der Waals surface area contributed by atoms with Crippen molar-refractivity contribution in [3.8, 4) is 17.1 Å². The van der Waals surface area contributed by atoms with Crippen molar-refractivity contribution in [1.82, 2.24) is 29.9 Å². The van der Waals surface area contributed by atoms with Gasteiger partial charge in [-0.1, -0.05) is 30.0 Å². The van der Waals surface area contributed by atoms with Gasteiger partial charge in [0.05, 0.1) is 11.4 Å². The molecule has 0 atom stereocenters. The van der Waals surface area contributed by atoms with Gasteiger partial charge in [-0.25, -0.2) is 0 Å². The Morgan fingerprint density at radius 2 is 1.77 bits per heavy atom. The van der Waals surface area contributed by atoms with Crippen molar-refractivity contribution in [3.05, 3.63) is 66.1 Å². The SMILES string of the molecule is Cc1nnc(CSc2nnc(-c3ccncc3)n2-c2ccccc2C)o1. The highest BCUT2D eigenvalue weighted by molar-refractivity contribution is 7.98. The van der Waals surface area contributed by atoms with Crippen LogP contribution in [0.25, 0.3) is 17.1 Å². The van der Waals surface area contributed by atoms with Crippen LogP contribution in [0.5, 0.6) is 0 Å². The molecule has 0 aliphatic rings. The van der Waals surface area contributed by atoms with E-state index in [1.165, 1.54) is 11.8 Å². The van der Waals surface area contributed by atoms with E-state index in [2.05, 4.69) is 49.0 Å². The maximum atomic E-state index is 5.46. The summed E-state index contributed by atoms with van der Waals surface area (Å²) in [5, 5.41) is 17.5. The first-order chi connectivity index (χ1) is 12.7. The molecule has 0 fully saturated rings. The van der Waals surface area contributed by atoms with E-state index in [1.54, 1.807) is 19.3 Å². The molecule has 0 aliphatic carbocycles. The first-order valence-electron chi connectivity index (χ1n) is 8.06. The average Bonchev–Trinajstić information content (AvgIpc) is 3.27. The van der Waals surface area contributed by atoms with Gasteiger partial charge in [-0.15, -0.1) is 20.4 Å². The van der Waals surface area contributed by atoms with Crippen LogP contribution < -0.4 is 0 Å². The molecule has 8 heteroatoms. The lowest BCUT2D eigenvalue weighted by Crippen LogP contribution is -2.02. The van der Waals surface area contributed by atoms with Crippen LogP contribution in [0.15, 0.2) is 58.4 Å². The molecule has 0 spiro atoms. The van der Waals surface area contributed by atoms with Gasteiger partial charge in [-0.05, 0) is 30.7 Å². The lowest BCUT2D eigenvalue weighted by atomic mass is 10.2. The monoisotopic (exact) mass is 364 g/mol. The largest absolute Gasteiger partial charge is 0.425 e. The number of nitrogens with zero attached hydrogens (tertiary/aromatic N) is 6. The molecule has 0 saturated heterocycles. The fraction of sp³-hybridized carbons (Fsp3) is 0.167. The Hall–Kier alpha value is -3.00. The van der Waals surface area contributed by atoms with Crippen LogP contribution in [0, 0.1) is 13.8 Å². The number of hydrogen-bond acceptors (Lipinski definition) is 7. The number of para-hydroxylation sites is 1. The Labute approximate surface area is 154 Å². The van der Waals surface area contributed by atoms with Crippen molar-refractivity contribution in [2.45, 2.75) is 24.8 Å². The maximum absolute atomic E-state index is 5.46. The van der Waals surface area contributed by atoms with Crippen LogP contribution in [0.3, 0.4) is 0 Å². The molecule has 0 aliphatic heterocycles. The van der Waals surface area contributed by atoms with E-state index in [9.17, 15) is 0 Å². The van der Waals surface area contributed by atoms with E-state index in [0.29, 0.717) is 17.5 Å². The van der Waals surface area contributed by atoms with Crippen LogP contribution in [0.2, 0.25) is 0 Å². The zero-order valence-corrected chi connectivity index (χ0v) is 15.1.